The van der Waals surface area contributed by atoms with E-state index in [1.807, 2.05) is 0 Å². The second-order valence-corrected chi connectivity index (χ2v) is 4.56. The van der Waals surface area contributed by atoms with Crippen molar-refractivity contribution in [2.24, 2.45) is 0 Å². The van der Waals surface area contributed by atoms with Gasteiger partial charge in [0.25, 0.3) is 5.91 Å². The monoisotopic (exact) mass is 295 g/mol. The Morgan fingerprint density at radius 1 is 1.35 bits per heavy atom. The lowest BCUT2D eigenvalue weighted by atomic mass is 10.2. The van der Waals surface area contributed by atoms with Gasteiger partial charge >= 0.3 is 0 Å². The van der Waals surface area contributed by atoms with Gasteiger partial charge in [-0.1, -0.05) is 11.6 Å². The number of aliphatic hydroxyl groups is 1. The first-order chi connectivity index (χ1) is 9.65. The minimum Gasteiger partial charge on any atom is -0.484 e. The molecule has 2 N–H and O–H groups in total. The van der Waals surface area contributed by atoms with Crippen LogP contribution in [0.2, 0.25) is 5.02 Å². The van der Waals surface area contributed by atoms with Gasteiger partial charge in [0.1, 0.15) is 5.75 Å². The highest BCUT2D eigenvalue weighted by Gasteiger charge is 2.10. The molecule has 1 aromatic heterocycles. The van der Waals surface area contributed by atoms with Crippen molar-refractivity contribution in [3.63, 3.8) is 0 Å². The van der Waals surface area contributed by atoms with Gasteiger partial charge in [0, 0.05) is 17.1 Å². The first-order valence-electron chi connectivity index (χ1n) is 6.00. The number of carbonyl (C=O) groups excluding carboxylic acids is 1. The normalized spacial score (nSPS) is 11.9. The Balaban J connectivity index is 1.71. The van der Waals surface area contributed by atoms with Crippen molar-refractivity contribution in [3.05, 3.63) is 53.4 Å². The first-order valence-corrected chi connectivity index (χ1v) is 6.38. The van der Waals surface area contributed by atoms with Crippen LogP contribution in [0.4, 0.5) is 0 Å². The van der Waals surface area contributed by atoms with Crippen molar-refractivity contribution < 1.29 is 19.1 Å². The largest absolute Gasteiger partial charge is 0.484 e. The van der Waals surface area contributed by atoms with Gasteiger partial charge in [-0.3, -0.25) is 4.79 Å². The van der Waals surface area contributed by atoms with E-state index in [1.54, 1.807) is 30.3 Å². The minimum atomic E-state index is -0.798. The van der Waals surface area contributed by atoms with E-state index in [-0.39, 0.29) is 19.1 Å². The zero-order valence-electron chi connectivity index (χ0n) is 10.6. The predicted octanol–water partition coefficient (Wildman–Crippen LogP) is 2.16. The lowest BCUT2D eigenvalue weighted by Gasteiger charge is -2.10. The molecule has 6 heteroatoms. The lowest BCUT2D eigenvalue weighted by molar-refractivity contribution is -0.123. The minimum absolute atomic E-state index is 0.0995. The topological polar surface area (TPSA) is 71.7 Å². The smallest absolute Gasteiger partial charge is 0.258 e. The summed E-state index contributed by atoms with van der Waals surface area (Å²) in [5, 5.41) is 12.9. The zero-order valence-corrected chi connectivity index (χ0v) is 11.3. The molecule has 0 aliphatic heterocycles. The summed E-state index contributed by atoms with van der Waals surface area (Å²) in [6.45, 7) is -0.0257. The number of ether oxygens (including phenoxy) is 1. The number of aliphatic hydroxyl groups excluding tert-OH is 1. The lowest BCUT2D eigenvalue weighted by Crippen LogP contribution is -2.32. The molecule has 1 atom stereocenters. The van der Waals surface area contributed by atoms with Crippen LogP contribution in [0.1, 0.15) is 11.7 Å². The van der Waals surface area contributed by atoms with E-state index in [4.69, 9.17) is 20.8 Å². The van der Waals surface area contributed by atoms with Crippen LogP contribution in [-0.4, -0.2) is 24.2 Å². The number of hydrogen-bond donors (Lipinski definition) is 2. The summed E-state index contributed by atoms with van der Waals surface area (Å²) in [4.78, 5) is 11.6. The molecule has 106 valence electrons. The summed E-state index contributed by atoms with van der Waals surface area (Å²) in [5.41, 5.74) is 0.615. The molecule has 0 saturated heterocycles. The van der Waals surface area contributed by atoms with Crippen LogP contribution in [0.25, 0.3) is 0 Å². The first kappa shape index (κ1) is 14.4. The number of hydrogen-bond acceptors (Lipinski definition) is 4. The Hall–Kier alpha value is -1.98. The van der Waals surface area contributed by atoms with Gasteiger partial charge in [-0.25, -0.2) is 0 Å². The van der Waals surface area contributed by atoms with Gasteiger partial charge in [0.15, 0.2) is 6.61 Å². The zero-order chi connectivity index (χ0) is 14.4. The molecule has 0 spiro atoms. The third-order valence-corrected chi connectivity index (χ3v) is 2.86. The van der Waals surface area contributed by atoms with Crippen molar-refractivity contribution in [2.45, 2.75) is 6.10 Å². The van der Waals surface area contributed by atoms with E-state index >= 15 is 0 Å². The molecule has 20 heavy (non-hydrogen) atoms. The van der Waals surface area contributed by atoms with E-state index in [0.29, 0.717) is 16.3 Å². The molecule has 5 nitrogen and oxygen atoms in total. The summed E-state index contributed by atoms with van der Waals surface area (Å²) in [5.74, 6) is 0.238. The van der Waals surface area contributed by atoms with E-state index in [2.05, 4.69) is 5.32 Å². The third-order valence-electron chi connectivity index (χ3n) is 2.60. The van der Waals surface area contributed by atoms with E-state index in [9.17, 15) is 9.90 Å². The molecule has 0 bridgehead atoms. The van der Waals surface area contributed by atoms with E-state index < -0.39 is 6.10 Å². The van der Waals surface area contributed by atoms with Gasteiger partial charge in [-0.2, -0.15) is 0 Å². The Bertz CT molecular complexity index is 539. The van der Waals surface area contributed by atoms with Crippen LogP contribution in [-0.2, 0) is 4.79 Å². The highest BCUT2D eigenvalue weighted by atomic mass is 35.5. The van der Waals surface area contributed by atoms with Crippen LogP contribution < -0.4 is 10.1 Å². The number of amides is 1. The quantitative estimate of drug-likeness (QED) is 0.856. The van der Waals surface area contributed by atoms with Gasteiger partial charge < -0.3 is 19.6 Å². The van der Waals surface area contributed by atoms with Gasteiger partial charge in [0.2, 0.25) is 0 Å². The van der Waals surface area contributed by atoms with Crippen LogP contribution in [0.15, 0.2) is 47.3 Å². The molecule has 2 rings (SSSR count). The maximum atomic E-state index is 11.6. The summed E-state index contributed by atoms with van der Waals surface area (Å²) in [6.07, 6.45) is 2.10. The molecule has 0 radical (unpaired) electrons. The molecular weight excluding hydrogens is 282 g/mol. The Labute approximate surface area is 121 Å². The van der Waals surface area contributed by atoms with Crippen molar-refractivity contribution in [1.82, 2.24) is 5.32 Å². The fourth-order valence-electron chi connectivity index (χ4n) is 1.52. The molecule has 0 fully saturated rings. The highest BCUT2D eigenvalue weighted by molar-refractivity contribution is 6.30. The average molecular weight is 296 g/mol. The van der Waals surface area contributed by atoms with Crippen LogP contribution >= 0.6 is 11.6 Å². The van der Waals surface area contributed by atoms with E-state index in [1.165, 1.54) is 12.5 Å². The fourth-order valence-corrected chi connectivity index (χ4v) is 1.65. The number of carbonyl (C=O) groups is 1. The second-order valence-electron chi connectivity index (χ2n) is 4.12. The van der Waals surface area contributed by atoms with Crippen molar-refractivity contribution >= 4 is 17.5 Å². The Kier molecular flexibility index (Phi) is 5.03. The molecule has 1 amide bonds. The molecule has 1 aromatic carbocycles. The summed E-state index contributed by atoms with van der Waals surface area (Å²) >= 11 is 5.74. The van der Waals surface area contributed by atoms with Gasteiger partial charge in [-0.05, 0) is 30.3 Å². The fraction of sp³-hybridized carbons (Fsp3) is 0.214. The van der Waals surface area contributed by atoms with Crippen LogP contribution in [0.5, 0.6) is 5.75 Å². The highest BCUT2D eigenvalue weighted by Crippen LogP contribution is 2.15. The molecule has 0 aliphatic carbocycles. The van der Waals surface area contributed by atoms with Gasteiger partial charge in [-0.15, -0.1) is 0 Å². The Morgan fingerprint density at radius 3 is 2.75 bits per heavy atom. The number of nitrogens with one attached hydrogen (secondary N) is 1. The number of rotatable bonds is 6. The number of furan rings is 1. The third kappa shape index (κ3) is 4.29. The molecular formula is C14H14ClNO4. The molecule has 1 unspecified atom stereocenters. The SMILES string of the molecule is O=C(COc1ccc(Cl)cc1)NCC(O)c1ccoc1. The number of benzene rings is 1. The molecule has 0 saturated carbocycles. The molecule has 2 aromatic rings. The number of halogens is 1. The van der Waals surface area contributed by atoms with Crippen molar-refractivity contribution in [2.75, 3.05) is 13.2 Å². The maximum Gasteiger partial charge on any atom is 0.258 e. The van der Waals surface area contributed by atoms with Crippen LogP contribution in [0, 0.1) is 0 Å². The van der Waals surface area contributed by atoms with Gasteiger partial charge in [0.05, 0.1) is 18.6 Å². The summed E-state index contributed by atoms with van der Waals surface area (Å²) in [7, 11) is 0. The van der Waals surface area contributed by atoms with Crippen molar-refractivity contribution in [3.8, 4) is 5.75 Å². The Morgan fingerprint density at radius 2 is 2.10 bits per heavy atom. The average Bonchev–Trinajstić information content (AvgIpc) is 2.98. The second kappa shape index (κ2) is 6.98. The summed E-state index contributed by atoms with van der Waals surface area (Å²) < 4.78 is 10.1. The van der Waals surface area contributed by atoms with Crippen LogP contribution in [0.3, 0.4) is 0 Å². The molecule has 0 aliphatic rings. The van der Waals surface area contributed by atoms with E-state index in [0.717, 1.165) is 0 Å². The summed E-state index contributed by atoms with van der Waals surface area (Å²) in [6, 6.07) is 8.35. The molecule has 1 heterocycles. The van der Waals surface area contributed by atoms with Crippen molar-refractivity contribution in [1.29, 1.82) is 0 Å². The predicted molar refractivity (Wildman–Crippen MR) is 73.6 cm³/mol. The maximum absolute atomic E-state index is 11.6. The standard InChI is InChI=1S/C14H14ClNO4/c15-11-1-3-12(4-2-11)20-9-14(18)16-7-13(17)10-5-6-19-8-10/h1-6,8,13,17H,7,9H2,(H,16,18).